The van der Waals surface area contributed by atoms with Crippen molar-refractivity contribution < 1.29 is 4.74 Å². The Morgan fingerprint density at radius 2 is 2.29 bits per heavy atom. The number of hydrogen-bond acceptors (Lipinski definition) is 4. The molecule has 1 unspecified atom stereocenters. The van der Waals surface area contributed by atoms with E-state index in [4.69, 9.17) is 16.3 Å². The molecule has 1 aromatic heterocycles. The van der Waals surface area contributed by atoms with Gasteiger partial charge in [-0.15, -0.1) is 10.2 Å². The van der Waals surface area contributed by atoms with Crippen LogP contribution in [0.4, 0.5) is 0 Å². The van der Waals surface area contributed by atoms with Gasteiger partial charge in [-0.3, -0.25) is 0 Å². The van der Waals surface area contributed by atoms with E-state index < -0.39 is 0 Å². The fourth-order valence-electron chi connectivity index (χ4n) is 2.74. The number of hydrogen-bond donors (Lipinski definition) is 1. The molecule has 0 spiro atoms. The topological polar surface area (TPSA) is 52.0 Å². The van der Waals surface area contributed by atoms with E-state index in [1.165, 1.54) is 0 Å². The Kier molecular flexibility index (Phi) is 4.12. The van der Waals surface area contributed by atoms with Crippen LogP contribution >= 0.6 is 11.6 Å². The van der Waals surface area contributed by atoms with E-state index >= 15 is 0 Å². The highest BCUT2D eigenvalue weighted by molar-refractivity contribution is 6.31. The third-order valence-electron chi connectivity index (χ3n) is 3.91. The van der Waals surface area contributed by atoms with E-state index in [1.807, 2.05) is 18.2 Å². The molecular weight excluding hydrogens is 288 g/mol. The van der Waals surface area contributed by atoms with E-state index in [2.05, 4.69) is 27.0 Å². The number of rotatable bonds is 5. The highest BCUT2D eigenvalue weighted by Crippen LogP contribution is 2.27. The van der Waals surface area contributed by atoms with Gasteiger partial charge in [0.1, 0.15) is 17.4 Å². The molecule has 1 aromatic carbocycles. The molecule has 0 amide bonds. The first kappa shape index (κ1) is 14.4. The van der Waals surface area contributed by atoms with Gasteiger partial charge in [0.05, 0.1) is 13.2 Å². The van der Waals surface area contributed by atoms with Gasteiger partial charge in [-0.2, -0.15) is 0 Å². The van der Waals surface area contributed by atoms with Crippen LogP contribution < -0.4 is 10.1 Å². The Morgan fingerprint density at radius 1 is 1.43 bits per heavy atom. The van der Waals surface area contributed by atoms with Crippen molar-refractivity contribution in [3.63, 3.8) is 0 Å². The molecule has 21 heavy (non-hydrogen) atoms. The van der Waals surface area contributed by atoms with Crippen LogP contribution in [0.15, 0.2) is 18.2 Å². The average molecular weight is 307 g/mol. The van der Waals surface area contributed by atoms with Gasteiger partial charge in [0.2, 0.25) is 0 Å². The van der Waals surface area contributed by atoms with Crippen LogP contribution in [0.25, 0.3) is 0 Å². The first-order chi connectivity index (χ1) is 10.2. The van der Waals surface area contributed by atoms with Crippen LogP contribution in [0, 0.1) is 0 Å². The van der Waals surface area contributed by atoms with Crippen LogP contribution in [0.5, 0.6) is 5.75 Å². The van der Waals surface area contributed by atoms with Gasteiger partial charge >= 0.3 is 0 Å². The van der Waals surface area contributed by atoms with E-state index in [-0.39, 0.29) is 6.04 Å². The van der Waals surface area contributed by atoms with Crippen LogP contribution in [-0.4, -0.2) is 21.9 Å². The summed E-state index contributed by atoms with van der Waals surface area (Å²) in [6.07, 6.45) is 2.18. The Bertz CT molecular complexity index is 641. The fraction of sp³-hybridized carbons (Fsp3) is 0.467. The van der Waals surface area contributed by atoms with Crippen LogP contribution in [0.1, 0.15) is 36.6 Å². The van der Waals surface area contributed by atoms with Crippen molar-refractivity contribution in [2.75, 3.05) is 7.11 Å². The summed E-state index contributed by atoms with van der Waals surface area (Å²) in [5, 5.41) is 12.7. The molecule has 0 bridgehead atoms. The molecule has 112 valence electrons. The molecular formula is C15H19ClN4O. The number of aromatic nitrogens is 3. The smallest absolute Gasteiger partial charge is 0.149 e. The summed E-state index contributed by atoms with van der Waals surface area (Å²) in [4.78, 5) is 0. The Labute approximate surface area is 129 Å². The van der Waals surface area contributed by atoms with E-state index in [1.54, 1.807) is 7.11 Å². The Hall–Kier alpha value is -1.59. The quantitative estimate of drug-likeness (QED) is 0.923. The van der Waals surface area contributed by atoms with Gasteiger partial charge < -0.3 is 14.6 Å². The summed E-state index contributed by atoms with van der Waals surface area (Å²) in [7, 11) is 1.66. The molecule has 3 rings (SSSR count). The maximum atomic E-state index is 6.26. The maximum absolute atomic E-state index is 6.26. The third-order valence-corrected chi connectivity index (χ3v) is 4.26. The number of ether oxygens (including phenoxy) is 1. The predicted molar refractivity (Wildman–Crippen MR) is 81.6 cm³/mol. The van der Waals surface area contributed by atoms with Crippen molar-refractivity contribution >= 4 is 11.6 Å². The molecule has 0 radical (unpaired) electrons. The normalized spacial score (nSPS) is 15.0. The molecule has 1 N–H and O–H groups in total. The fourth-order valence-corrected chi connectivity index (χ4v) is 2.97. The minimum absolute atomic E-state index is 0.116. The molecule has 0 saturated heterocycles. The van der Waals surface area contributed by atoms with Crippen molar-refractivity contribution in [2.45, 2.75) is 38.9 Å². The monoisotopic (exact) mass is 306 g/mol. The summed E-state index contributed by atoms with van der Waals surface area (Å²) in [6, 6.07) is 5.80. The van der Waals surface area contributed by atoms with E-state index in [0.717, 1.165) is 42.3 Å². The summed E-state index contributed by atoms with van der Waals surface area (Å²) in [5.41, 5.74) is 0.967. The summed E-state index contributed by atoms with van der Waals surface area (Å²) in [6.45, 7) is 3.74. The highest BCUT2D eigenvalue weighted by atomic mass is 35.5. The minimum atomic E-state index is 0.116. The second kappa shape index (κ2) is 6.03. The molecule has 0 fully saturated rings. The molecule has 1 aliphatic rings. The molecule has 5 nitrogen and oxygen atoms in total. The number of fused-ring (bicyclic) bond motifs is 1. The van der Waals surface area contributed by atoms with Gasteiger partial charge in [0.25, 0.3) is 0 Å². The summed E-state index contributed by atoms with van der Waals surface area (Å²) >= 11 is 6.26. The highest BCUT2D eigenvalue weighted by Gasteiger charge is 2.21. The first-order valence-electron chi connectivity index (χ1n) is 7.17. The van der Waals surface area contributed by atoms with E-state index in [0.29, 0.717) is 11.6 Å². The van der Waals surface area contributed by atoms with Crippen molar-refractivity contribution in [1.29, 1.82) is 0 Å². The maximum Gasteiger partial charge on any atom is 0.149 e. The number of aryl methyl sites for hydroxylation is 1. The lowest BCUT2D eigenvalue weighted by atomic mass is 10.2. The lowest BCUT2D eigenvalue weighted by molar-refractivity contribution is 0.405. The second-order valence-corrected chi connectivity index (χ2v) is 5.66. The minimum Gasteiger partial charge on any atom is -0.496 e. The molecule has 0 saturated carbocycles. The van der Waals surface area contributed by atoms with Crippen LogP contribution in [-0.2, 0) is 19.5 Å². The zero-order chi connectivity index (χ0) is 14.8. The van der Waals surface area contributed by atoms with Gasteiger partial charge in [-0.05, 0) is 25.5 Å². The lowest BCUT2D eigenvalue weighted by Gasteiger charge is -2.16. The van der Waals surface area contributed by atoms with Gasteiger partial charge in [-0.1, -0.05) is 17.7 Å². The molecule has 0 aliphatic carbocycles. The summed E-state index contributed by atoms with van der Waals surface area (Å²) < 4.78 is 7.58. The van der Waals surface area contributed by atoms with Crippen molar-refractivity contribution in [2.24, 2.45) is 0 Å². The SMILES string of the molecule is COc1cccc(Cl)c1CNC(C)c1nnc2n1CCC2. The second-order valence-electron chi connectivity index (χ2n) is 5.25. The predicted octanol–water partition coefficient (Wildman–Crippen LogP) is 2.74. The third kappa shape index (κ3) is 2.76. The molecule has 2 heterocycles. The van der Waals surface area contributed by atoms with Crippen LogP contribution in [0.2, 0.25) is 5.02 Å². The van der Waals surface area contributed by atoms with Gasteiger partial charge in [0.15, 0.2) is 0 Å². The molecule has 1 aliphatic heterocycles. The van der Waals surface area contributed by atoms with Crippen molar-refractivity contribution in [1.82, 2.24) is 20.1 Å². The standard InChI is InChI=1S/C15H19ClN4O/c1-10(15-19-18-14-7-4-8-20(14)15)17-9-11-12(16)5-3-6-13(11)21-2/h3,5-6,10,17H,4,7-9H2,1-2H3. The number of nitrogens with zero attached hydrogens (tertiary/aromatic N) is 3. The summed E-state index contributed by atoms with van der Waals surface area (Å²) in [5.74, 6) is 2.89. The van der Waals surface area contributed by atoms with Crippen molar-refractivity contribution in [3.05, 3.63) is 40.4 Å². The van der Waals surface area contributed by atoms with Crippen LogP contribution in [0.3, 0.4) is 0 Å². The van der Waals surface area contributed by atoms with E-state index in [9.17, 15) is 0 Å². The van der Waals surface area contributed by atoms with Gasteiger partial charge in [-0.25, -0.2) is 0 Å². The largest absolute Gasteiger partial charge is 0.496 e. The number of methoxy groups -OCH3 is 1. The van der Waals surface area contributed by atoms with Gasteiger partial charge in [0, 0.05) is 30.1 Å². The Balaban J connectivity index is 1.73. The Morgan fingerprint density at radius 3 is 3.10 bits per heavy atom. The van der Waals surface area contributed by atoms with Crippen molar-refractivity contribution in [3.8, 4) is 5.75 Å². The molecule has 1 atom stereocenters. The first-order valence-corrected chi connectivity index (χ1v) is 7.55. The zero-order valence-corrected chi connectivity index (χ0v) is 13.0. The molecule has 2 aromatic rings. The zero-order valence-electron chi connectivity index (χ0n) is 12.3. The number of halogens is 1. The number of benzene rings is 1. The average Bonchev–Trinajstić information content (AvgIpc) is 3.08. The number of nitrogens with one attached hydrogen (secondary N) is 1. The molecule has 6 heteroatoms. The lowest BCUT2D eigenvalue weighted by Crippen LogP contribution is -2.22.